The average molecular weight is 393 g/mol. The van der Waals surface area contributed by atoms with Crippen molar-refractivity contribution in [2.45, 2.75) is 96.0 Å². The quantitative estimate of drug-likeness (QED) is 0.401. The zero-order chi connectivity index (χ0) is 19.2. The summed E-state index contributed by atoms with van der Waals surface area (Å²) in [5.74, 6) is 6.72. The third kappa shape index (κ3) is 3.89. The van der Waals surface area contributed by atoms with Crippen molar-refractivity contribution >= 4 is 11.6 Å². The van der Waals surface area contributed by atoms with E-state index in [1.165, 1.54) is 44.9 Å². The number of aliphatic hydroxyl groups excluding tert-OH is 1. The molecule has 0 aromatic rings. The minimum Gasteiger partial charge on any atom is -0.393 e. The molecule has 4 aliphatic rings. The van der Waals surface area contributed by atoms with Crippen LogP contribution >= 0.6 is 11.6 Å². The van der Waals surface area contributed by atoms with Crippen LogP contribution in [0.2, 0.25) is 0 Å². The summed E-state index contributed by atoms with van der Waals surface area (Å²) >= 11 is 7.05. The molecule has 3 fully saturated rings. The molecule has 0 aliphatic heterocycles. The van der Waals surface area contributed by atoms with Gasteiger partial charge in [0.25, 0.3) is 0 Å². The predicted octanol–water partition coefficient (Wildman–Crippen LogP) is 6.83. The van der Waals surface area contributed by atoms with E-state index in [4.69, 9.17) is 11.6 Å². The van der Waals surface area contributed by atoms with Crippen LogP contribution in [0.25, 0.3) is 0 Å². The molecule has 0 bridgehead atoms. The molecule has 1 nitrogen and oxygen atoms in total. The molecule has 154 valence electrons. The third-order valence-electron chi connectivity index (χ3n) is 9.02. The lowest BCUT2D eigenvalue weighted by Crippen LogP contribution is -2.50. The van der Waals surface area contributed by atoms with Gasteiger partial charge in [-0.15, -0.1) is 11.6 Å². The van der Waals surface area contributed by atoms with Crippen LogP contribution in [0.15, 0.2) is 12.2 Å². The minimum absolute atomic E-state index is 0.196. The maximum absolute atomic E-state index is 10.1. The van der Waals surface area contributed by atoms with Crippen LogP contribution in [0.5, 0.6) is 0 Å². The number of halogens is 1. The SMILES string of the molecule is CC(C)CCC[C@@H](C)[C@@H]1CC[C@H]2[C@H]3C=C[C@]4(Cl)C[C@@H](O)CC[C@@H]4[C@@H]3CC[C@H]12. The smallest absolute Gasteiger partial charge is 0.0681 e. The van der Waals surface area contributed by atoms with Crippen molar-refractivity contribution < 1.29 is 5.11 Å². The second-order valence-electron chi connectivity index (χ2n) is 11.0. The highest BCUT2D eigenvalue weighted by Gasteiger charge is 2.54. The second kappa shape index (κ2) is 8.02. The van der Waals surface area contributed by atoms with Crippen molar-refractivity contribution in [1.29, 1.82) is 0 Å². The van der Waals surface area contributed by atoms with Crippen LogP contribution < -0.4 is 0 Å². The zero-order valence-corrected chi connectivity index (χ0v) is 18.5. The topological polar surface area (TPSA) is 20.2 Å². The van der Waals surface area contributed by atoms with E-state index < -0.39 is 0 Å². The molecule has 0 spiro atoms. The molecular formula is C25H41ClO. The first kappa shape index (κ1) is 20.3. The standard InChI is InChI=1S/C25H41ClO/c1-16(2)5-4-6-17(3)19-8-9-21-20(19)10-11-23-22(21)13-14-25(26)15-18(27)7-12-24(23)25/h13-14,16-24,27H,4-12,15H2,1-3H3/t17-,18+,19+,20-,21-,22-,23-,24-,25+/m1/s1. The lowest BCUT2D eigenvalue weighted by molar-refractivity contribution is 0.0120. The van der Waals surface area contributed by atoms with E-state index in [0.29, 0.717) is 5.92 Å². The first-order valence-electron chi connectivity index (χ1n) is 12.0. The summed E-state index contributed by atoms with van der Waals surface area (Å²) in [6.07, 6.45) is 17.4. The van der Waals surface area contributed by atoms with E-state index in [1.807, 2.05) is 0 Å². The number of alkyl halides is 1. The lowest BCUT2D eigenvalue weighted by Gasteiger charge is -2.53. The summed E-state index contributed by atoms with van der Waals surface area (Å²) in [6.45, 7) is 7.25. The largest absolute Gasteiger partial charge is 0.393 e. The Bertz CT molecular complexity index is 542. The van der Waals surface area contributed by atoms with Crippen LogP contribution in [0, 0.1) is 47.3 Å². The fraction of sp³-hybridized carbons (Fsp3) is 0.920. The van der Waals surface area contributed by atoms with Crippen LogP contribution in [-0.2, 0) is 0 Å². The van der Waals surface area contributed by atoms with Crippen molar-refractivity contribution in [2.75, 3.05) is 0 Å². The molecule has 4 aliphatic carbocycles. The summed E-state index contributed by atoms with van der Waals surface area (Å²) in [4.78, 5) is -0.256. The van der Waals surface area contributed by atoms with Crippen LogP contribution in [0.3, 0.4) is 0 Å². The second-order valence-corrected chi connectivity index (χ2v) is 11.7. The van der Waals surface area contributed by atoms with E-state index in [9.17, 15) is 5.11 Å². The first-order chi connectivity index (χ1) is 12.9. The Hall–Kier alpha value is -0.0100. The van der Waals surface area contributed by atoms with Gasteiger partial charge in [-0.05, 0) is 92.3 Å². The summed E-state index contributed by atoms with van der Waals surface area (Å²) < 4.78 is 0. The van der Waals surface area contributed by atoms with Crippen LogP contribution in [-0.4, -0.2) is 16.1 Å². The molecule has 3 saturated carbocycles. The summed E-state index contributed by atoms with van der Waals surface area (Å²) in [6, 6.07) is 0. The summed E-state index contributed by atoms with van der Waals surface area (Å²) in [7, 11) is 0. The fourth-order valence-corrected chi connectivity index (χ4v) is 8.24. The van der Waals surface area contributed by atoms with Gasteiger partial charge in [-0.1, -0.05) is 52.2 Å². The number of hydrogen-bond donors (Lipinski definition) is 1. The maximum atomic E-state index is 10.1. The van der Waals surface area contributed by atoms with Gasteiger partial charge in [0.05, 0.1) is 11.0 Å². The van der Waals surface area contributed by atoms with E-state index in [2.05, 4.69) is 32.9 Å². The van der Waals surface area contributed by atoms with Gasteiger partial charge >= 0.3 is 0 Å². The van der Waals surface area contributed by atoms with Crippen LogP contribution in [0.4, 0.5) is 0 Å². The number of aliphatic hydroxyl groups is 1. The monoisotopic (exact) mass is 392 g/mol. The predicted molar refractivity (Wildman–Crippen MR) is 115 cm³/mol. The van der Waals surface area contributed by atoms with Gasteiger partial charge in [-0.25, -0.2) is 0 Å². The van der Waals surface area contributed by atoms with Gasteiger partial charge in [0.2, 0.25) is 0 Å². The first-order valence-corrected chi connectivity index (χ1v) is 12.3. The third-order valence-corrected chi connectivity index (χ3v) is 9.58. The van der Waals surface area contributed by atoms with E-state index >= 15 is 0 Å². The molecule has 2 heteroatoms. The van der Waals surface area contributed by atoms with Gasteiger partial charge in [0, 0.05) is 0 Å². The van der Waals surface area contributed by atoms with E-state index in [0.717, 1.165) is 60.7 Å². The molecule has 0 aromatic carbocycles. The number of hydrogen-bond acceptors (Lipinski definition) is 1. The molecule has 9 atom stereocenters. The van der Waals surface area contributed by atoms with Crippen LogP contribution in [0.1, 0.15) is 85.0 Å². The highest BCUT2D eigenvalue weighted by Crippen LogP contribution is 2.60. The molecule has 0 radical (unpaired) electrons. The Morgan fingerprint density at radius 1 is 0.963 bits per heavy atom. The van der Waals surface area contributed by atoms with Crippen molar-refractivity contribution in [1.82, 2.24) is 0 Å². The highest BCUT2D eigenvalue weighted by atomic mass is 35.5. The Balaban J connectivity index is 1.43. The van der Waals surface area contributed by atoms with Gasteiger partial charge in [-0.3, -0.25) is 0 Å². The lowest BCUT2D eigenvalue weighted by atomic mass is 9.55. The molecular weight excluding hydrogens is 352 g/mol. The molecule has 0 aromatic heterocycles. The Kier molecular flexibility index (Phi) is 6.02. The normalized spacial score (nSPS) is 47.4. The Morgan fingerprint density at radius 2 is 1.70 bits per heavy atom. The molecule has 4 rings (SSSR count). The van der Waals surface area contributed by atoms with E-state index in [1.54, 1.807) is 0 Å². The molecule has 0 unspecified atom stereocenters. The number of allylic oxidation sites excluding steroid dienone is 2. The van der Waals surface area contributed by atoms with Gasteiger partial charge in [0.1, 0.15) is 0 Å². The van der Waals surface area contributed by atoms with Gasteiger partial charge < -0.3 is 5.11 Å². The number of rotatable bonds is 5. The summed E-state index contributed by atoms with van der Waals surface area (Å²) in [5, 5.41) is 10.1. The zero-order valence-electron chi connectivity index (χ0n) is 17.7. The Labute approximate surface area is 172 Å². The summed E-state index contributed by atoms with van der Waals surface area (Å²) in [5.41, 5.74) is 0. The van der Waals surface area contributed by atoms with Crippen molar-refractivity contribution in [3.05, 3.63) is 12.2 Å². The molecule has 0 heterocycles. The van der Waals surface area contributed by atoms with Gasteiger partial charge in [-0.2, -0.15) is 0 Å². The molecule has 27 heavy (non-hydrogen) atoms. The van der Waals surface area contributed by atoms with Crippen molar-refractivity contribution in [2.24, 2.45) is 47.3 Å². The molecule has 0 saturated heterocycles. The van der Waals surface area contributed by atoms with Crippen molar-refractivity contribution in [3.8, 4) is 0 Å². The molecule has 1 N–H and O–H groups in total. The number of fused-ring (bicyclic) bond motifs is 5. The van der Waals surface area contributed by atoms with E-state index in [-0.39, 0.29) is 11.0 Å². The average Bonchev–Trinajstić information content (AvgIpc) is 3.04. The molecule has 0 amide bonds. The fourth-order valence-electron chi connectivity index (χ4n) is 7.71. The Morgan fingerprint density at radius 3 is 2.48 bits per heavy atom. The highest BCUT2D eigenvalue weighted by molar-refractivity contribution is 6.25. The van der Waals surface area contributed by atoms with Gasteiger partial charge in [0.15, 0.2) is 0 Å². The maximum Gasteiger partial charge on any atom is 0.0681 e. The minimum atomic E-state index is -0.256. The van der Waals surface area contributed by atoms with Crippen molar-refractivity contribution in [3.63, 3.8) is 0 Å².